The third-order valence-corrected chi connectivity index (χ3v) is 5.05. The molecule has 1 aromatic rings. The number of likely N-dealkylation sites (tertiary alicyclic amines) is 1. The highest BCUT2D eigenvalue weighted by Gasteiger charge is 2.33. The lowest BCUT2D eigenvalue weighted by Gasteiger charge is -2.41. The van der Waals surface area contributed by atoms with Gasteiger partial charge in [-0.1, -0.05) is 18.2 Å². The van der Waals surface area contributed by atoms with E-state index in [9.17, 15) is 4.79 Å². The van der Waals surface area contributed by atoms with Gasteiger partial charge in [0.2, 0.25) is 0 Å². The van der Waals surface area contributed by atoms with Crippen molar-refractivity contribution in [3.05, 3.63) is 35.9 Å². The maximum Gasteiger partial charge on any atom is 0.253 e. The van der Waals surface area contributed by atoms with E-state index in [1.165, 1.54) is 17.9 Å². The zero-order chi connectivity index (χ0) is 11.7. The fraction of sp³-hybridized carbons (Fsp3) is 0.500. The van der Waals surface area contributed by atoms with Crippen LogP contribution in [-0.2, 0) is 0 Å². The summed E-state index contributed by atoms with van der Waals surface area (Å²) in [4.78, 5) is 14.4. The highest BCUT2D eigenvalue weighted by molar-refractivity contribution is 7.99. The van der Waals surface area contributed by atoms with Gasteiger partial charge in [0.05, 0.1) is 0 Å². The Morgan fingerprint density at radius 3 is 2.41 bits per heavy atom. The van der Waals surface area contributed by atoms with Gasteiger partial charge >= 0.3 is 0 Å². The summed E-state index contributed by atoms with van der Waals surface area (Å²) in [6, 6.07) is 9.67. The fourth-order valence-corrected chi connectivity index (χ4v) is 4.18. The van der Waals surface area contributed by atoms with Gasteiger partial charge in [-0.3, -0.25) is 4.79 Å². The second kappa shape index (κ2) is 4.73. The SMILES string of the molecule is O=C(c1ccccc1)N1CC2CSCC(C2)C1. The van der Waals surface area contributed by atoms with Gasteiger partial charge in [-0.25, -0.2) is 0 Å². The molecule has 2 unspecified atom stereocenters. The average molecular weight is 247 g/mol. The third-order valence-electron chi connectivity index (χ3n) is 3.64. The van der Waals surface area contributed by atoms with Gasteiger partial charge in [-0.05, 0) is 41.9 Å². The monoisotopic (exact) mass is 247 g/mol. The molecule has 3 heteroatoms. The Bertz CT molecular complexity index is 394. The van der Waals surface area contributed by atoms with Gasteiger partial charge < -0.3 is 4.90 Å². The van der Waals surface area contributed by atoms with E-state index in [0.717, 1.165) is 30.5 Å². The minimum Gasteiger partial charge on any atom is -0.338 e. The number of thioether (sulfide) groups is 1. The van der Waals surface area contributed by atoms with Crippen LogP contribution in [0.2, 0.25) is 0 Å². The first-order valence-electron chi connectivity index (χ1n) is 6.25. The summed E-state index contributed by atoms with van der Waals surface area (Å²) in [7, 11) is 0. The summed E-state index contributed by atoms with van der Waals surface area (Å²) in [5, 5.41) is 0. The van der Waals surface area contributed by atoms with Gasteiger partial charge in [0, 0.05) is 18.7 Å². The molecule has 2 aliphatic heterocycles. The summed E-state index contributed by atoms with van der Waals surface area (Å²) in [5.41, 5.74) is 0.833. The second-order valence-corrected chi connectivity index (χ2v) is 6.16. The van der Waals surface area contributed by atoms with E-state index < -0.39 is 0 Å². The third kappa shape index (κ3) is 2.34. The van der Waals surface area contributed by atoms with Crippen LogP contribution in [0.25, 0.3) is 0 Å². The number of piperidine rings is 1. The molecule has 0 saturated carbocycles. The van der Waals surface area contributed by atoms with Crippen molar-refractivity contribution in [2.24, 2.45) is 11.8 Å². The van der Waals surface area contributed by atoms with Crippen molar-refractivity contribution < 1.29 is 4.79 Å². The molecule has 2 bridgehead atoms. The van der Waals surface area contributed by atoms with Crippen molar-refractivity contribution in [1.82, 2.24) is 4.90 Å². The summed E-state index contributed by atoms with van der Waals surface area (Å²) >= 11 is 2.06. The summed E-state index contributed by atoms with van der Waals surface area (Å²) in [5.74, 6) is 4.12. The van der Waals surface area contributed by atoms with Crippen molar-refractivity contribution in [2.45, 2.75) is 6.42 Å². The predicted octanol–water partition coefficient (Wildman–Crippen LogP) is 2.51. The Morgan fingerprint density at radius 2 is 1.76 bits per heavy atom. The van der Waals surface area contributed by atoms with E-state index in [4.69, 9.17) is 0 Å². The highest BCUT2D eigenvalue weighted by Crippen LogP contribution is 2.33. The lowest BCUT2D eigenvalue weighted by atomic mass is 9.90. The Morgan fingerprint density at radius 1 is 1.12 bits per heavy atom. The number of carbonyl (C=O) groups excluding carboxylic acids is 1. The number of carbonyl (C=O) groups is 1. The van der Waals surface area contributed by atoms with Crippen LogP contribution in [0.4, 0.5) is 0 Å². The Balaban J connectivity index is 1.74. The molecule has 0 aromatic heterocycles. The topological polar surface area (TPSA) is 20.3 Å². The highest BCUT2D eigenvalue weighted by atomic mass is 32.2. The maximum atomic E-state index is 12.3. The van der Waals surface area contributed by atoms with Crippen LogP contribution in [0.3, 0.4) is 0 Å². The molecule has 17 heavy (non-hydrogen) atoms. The first-order valence-corrected chi connectivity index (χ1v) is 7.40. The molecule has 2 atom stereocenters. The van der Waals surface area contributed by atoms with E-state index in [1.54, 1.807) is 0 Å². The quantitative estimate of drug-likeness (QED) is 0.760. The zero-order valence-corrected chi connectivity index (χ0v) is 10.7. The van der Waals surface area contributed by atoms with E-state index >= 15 is 0 Å². The molecule has 1 aromatic carbocycles. The number of fused-ring (bicyclic) bond motifs is 2. The molecule has 3 rings (SSSR count). The molecule has 90 valence electrons. The Labute approximate surface area is 106 Å². The van der Waals surface area contributed by atoms with Crippen molar-refractivity contribution in [3.63, 3.8) is 0 Å². The van der Waals surface area contributed by atoms with Crippen molar-refractivity contribution >= 4 is 17.7 Å². The molecule has 2 heterocycles. The van der Waals surface area contributed by atoms with Crippen LogP contribution in [0.1, 0.15) is 16.8 Å². The lowest BCUT2D eigenvalue weighted by molar-refractivity contribution is 0.0622. The lowest BCUT2D eigenvalue weighted by Crippen LogP contribution is -2.47. The number of rotatable bonds is 1. The van der Waals surface area contributed by atoms with E-state index in [2.05, 4.69) is 16.7 Å². The second-order valence-electron chi connectivity index (χ2n) is 5.08. The molecule has 0 spiro atoms. The van der Waals surface area contributed by atoms with Crippen molar-refractivity contribution in [1.29, 1.82) is 0 Å². The van der Waals surface area contributed by atoms with Crippen LogP contribution in [0.15, 0.2) is 30.3 Å². The molecular weight excluding hydrogens is 230 g/mol. The van der Waals surface area contributed by atoms with Gasteiger partial charge in [-0.15, -0.1) is 0 Å². The van der Waals surface area contributed by atoms with E-state index in [0.29, 0.717) is 0 Å². The Hall–Kier alpha value is -0.960. The first kappa shape index (κ1) is 11.1. The number of nitrogens with zero attached hydrogens (tertiary/aromatic N) is 1. The average Bonchev–Trinajstić information content (AvgIpc) is 2.38. The number of amides is 1. The predicted molar refractivity (Wildman–Crippen MR) is 71.3 cm³/mol. The smallest absolute Gasteiger partial charge is 0.253 e. The minimum atomic E-state index is 0.215. The molecule has 1 amide bonds. The summed E-state index contributed by atoms with van der Waals surface area (Å²) in [6.07, 6.45) is 1.32. The molecule has 0 N–H and O–H groups in total. The Kier molecular flexibility index (Phi) is 3.10. The first-order chi connectivity index (χ1) is 8.33. The van der Waals surface area contributed by atoms with E-state index in [-0.39, 0.29) is 5.91 Å². The molecule has 2 saturated heterocycles. The molecule has 0 aliphatic carbocycles. The van der Waals surface area contributed by atoms with Crippen LogP contribution in [0.5, 0.6) is 0 Å². The van der Waals surface area contributed by atoms with Gasteiger partial charge in [0.1, 0.15) is 0 Å². The number of hydrogen-bond acceptors (Lipinski definition) is 2. The standard InChI is InChI=1S/C14H17NOS/c16-14(13-4-2-1-3-5-13)15-7-11-6-12(8-15)10-17-9-11/h1-5,11-12H,6-10H2. The molecule has 2 nitrogen and oxygen atoms in total. The fourth-order valence-electron chi connectivity index (χ4n) is 2.89. The van der Waals surface area contributed by atoms with Crippen LogP contribution in [0, 0.1) is 11.8 Å². The summed E-state index contributed by atoms with van der Waals surface area (Å²) in [6.45, 7) is 1.91. The molecule has 0 radical (unpaired) electrons. The summed E-state index contributed by atoms with van der Waals surface area (Å²) < 4.78 is 0. The van der Waals surface area contributed by atoms with Crippen LogP contribution >= 0.6 is 11.8 Å². The van der Waals surface area contributed by atoms with Gasteiger partial charge in [-0.2, -0.15) is 11.8 Å². The van der Waals surface area contributed by atoms with Crippen molar-refractivity contribution in [3.8, 4) is 0 Å². The zero-order valence-electron chi connectivity index (χ0n) is 9.84. The van der Waals surface area contributed by atoms with Crippen molar-refractivity contribution in [2.75, 3.05) is 24.6 Å². The van der Waals surface area contributed by atoms with Gasteiger partial charge in [0.15, 0.2) is 0 Å². The largest absolute Gasteiger partial charge is 0.338 e. The van der Waals surface area contributed by atoms with E-state index in [1.807, 2.05) is 30.3 Å². The van der Waals surface area contributed by atoms with Gasteiger partial charge in [0.25, 0.3) is 5.91 Å². The molecule has 2 aliphatic rings. The normalized spacial score (nSPS) is 27.9. The van der Waals surface area contributed by atoms with Crippen LogP contribution in [-0.4, -0.2) is 35.4 Å². The molecule has 2 fully saturated rings. The van der Waals surface area contributed by atoms with Crippen LogP contribution < -0.4 is 0 Å². The minimum absolute atomic E-state index is 0.215. The number of benzene rings is 1. The molecular formula is C14H17NOS. The maximum absolute atomic E-state index is 12.3. The number of hydrogen-bond donors (Lipinski definition) is 0.